The maximum atomic E-state index is 13.6. The monoisotopic (exact) mass is 465 g/mol. The summed E-state index contributed by atoms with van der Waals surface area (Å²) in [6.07, 6.45) is 1.89. The second-order valence-corrected chi connectivity index (χ2v) is 9.38. The van der Waals surface area contributed by atoms with Crippen molar-refractivity contribution in [2.45, 2.75) is 35.9 Å². The molecule has 7 nitrogen and oxygen atoms in total. The topological polar surface area (TPSA) is 73.7 Å². The van der Waals surface area contributed by atoms with Gasteiger partial charge >= 0.3 is 0 Å². The number of fused-ring (bicyclic) bond motifs is 1. The Morgan fingerprint density at radius 2 is 1.82 bits per heavy atom. The fourth-order valence-electron chi connectivity index (χ4n) is 4.33. The molecule has 0 unspecified atom stereocenters. The number of para-hydroxylation sites is 1. The van der Waals surface area contributed by atoms with Crippen LogP contribution in [0.15, 0.2) is 64.5 Å². The van der Waals surface area contributed by atoms with Crippen LogP contribution in [0.25, 0.3) is 10.9 Å². The Morgan fingerprint density at radius 3 is 2.58 bits per heavy atom. The third kappa shape index (κ3) is 4.83. The highest BCUT2D eigenvalue weighted by Gasteiger charge is 2.30. The van der Waals surface area contributed by atoms with Crippen LogP contribution in [0, 0.1) is 0 Å². The number of hydrogen-bond acceptors (Lipinski definition) is 6. The van der Waals surface area contributed by atoms with E-state index in [1.807, 2.05) is 53.4 Å². The minimum atomic E-state index is -0.506. The Labute approximate surface area is 196 Å². The number of aromatic nitrogens is 2. The third-order valence-corrected chi connectivity index (χ3v) is 7.34. The lowest BCUT2D eigenvalue weighted by atomic mass is 10.1. The lowest BCUT2D eigenvalue weighted by Gasteiger charge is -2.30. The van der Waals surface area contributed by atoms with Gasteiger partial charge in [-0.1, -0.05) is 54.2 Å². The Bertz CT molecular complexity index is 1170. The zero-order valence-corrected chi connectivity index (χ0v) is 19.2. The summed E-state index contributed by atoms with van der Waals surface area (Å²) in [7, 11) is 0. The number of thioether (sulfide) groups is 1. The number of rotatable bonds is 6. The van der Waals surface area contributed by atoms with E-state index < -0.39 is 5.25 Å². The molecule has 2 saturated heterocycles. The molecule has 0 spiro atoms. The van der Waals surface area contributed by atoms with Gasteiger partial charge in [0.15, 0.2) is 5.16 Å². The molecule has 0 bridgehead atoms. The maximum absolute atomic E-state index is 13.6. The van der Waals surface area contributed by atoms with Crippen molar-refractivity contribution in [1.29, 1.82) is 0 Å². The molecule has 1 aromatic heterocycles. The molecule has 0 radical (unpaired) electrons. The lowest BCUT2D eigenvalue weighted by Crippen LogP contribution is -2.42. The largest absolute Gasteiger partial charge is 0.378 e. The van der Waals surface area contributed by atoms with Gasteiger partial charge in [-0.2, -0.15) is 0 Å². The molecule has 33 heavy (non-hydrogen) atoms. The van der Waals surface area contributed by atoms with Crippen LogP contribution in [-0.4, -0.2) is 59.4 Å². The highest BCUT2D eigenvalue weighted by molar-refractivity contribution is 8.00. The fraction of sp³-hybridized carbons (Fsp3) is 0.400. The van der Waals surface area contributed by atoms with Crippen molar-refractivity contribution in [3.63, 3.8) is 0 Å². The summed E-state index contributed by atoms with van der Waals surface area (Å²) in [6.45, 7) is 3.36. The van der Waals surface area contributed by atoms with Gasteiger partial charge in [-0.05, 0) is 30.5 Å². The van der Waals surface area contributed by atoms with Crippen LogP contribution < -0.4 is 5.56 Å². The molecule has 2 aromatic carbocycles. The normalized spacial score (nSPS) is 19.6. The van der Waals surface area contributed by atoms with Gasteiger partial charge in [-0.15, -0.1) is 0 Å². The number of carbonyl (C=O) groups excluding carboxylic acids is 1. The first-order valence-electron chi connectivity index (χ1n) is 11.4. The van der Waals surface area contributed by atoms with Crippen molar-refractivity contribution >= 4 is 28.6 Å². The van der Waals surface area contributed by atoms with E-state index in [1.54, 1.807) is 10.6 Å². The van der Waals surface area contributed by atoms with E-state index in [0.29, 0.717) is 55.5 Å². The van der Waals surface area contributed by atoms with Gasteiger partial charge < -0.3 is 14.4 Å². The Balaban J connectivity index is 1.56. The van der Waals surface area contributed by atoms with Gasteiger partial charge in [-0.25, -0.2) is 4.98 Å². The number of benzene rings is 2. The lowest BCUT2D eigenvalue weighted by molar-refractivity contribution is -0.134. The first kappa shape index (κ1) is 22.1. The van der Waals surface area contributed by atoms with Gasteiger partial charge in [0.1, 0.15) is 5.25 Å². The average Bonchev–Trinajstić information content (AvgIpc) is 3.39. The fourth-order valence-corrected chi connectivity index (χ4v) is 5.52. The van der Waals surface area contributed by atoms with Crippen LogP contribution in [0.5, 0.6) is 0 Å². The number of amides is 1. The maximum Gasteiger partial charge on any atom is 0.262 e. The van der Waals surface area contributed by atoms with Crippen LogP contribution >= 0.6 is 11.8 Å². The molecule has 3 aromatic rings. The molecule has 2 fully saturated rings. The van der Waals surface area contributed by atoms with Gasteiger partial charge in [-0.3, -0.25) is 14.2 Å². The Hall–Kier alpha value is -2.68. The average molecular weight is 466 g/mol. The summed E-state index contributed by atoms with van der Waals surface area (Å²) in [6, 6.07) is 17.1. The first-order valence-corrected chi connectivity index (χ1v) is 12.3. The molecular weight excluding hydrogens is 438 g/mol. The molecule has 5 rings (SSSR count). The second kappa shape index (κ2) is 10.1. The quantitative estimate of drug-likeness (QED) is 0.411. The first-order chi connectivity index (χ1) is 16.2. The SMILES string of the molecule is O=C([C@H](Sc1nc2ccccc2c(=O)n1C[C@H]1CCCO1)c1ccccc1)N1CCOCC1. The smallest absolute Gasteiger partial charge is 0.262 e. The van der Waals surface area contributed by atoms with E-state index in [2.05, 4.69) is 0 Å². The zero-order chi connectivity index (χ0) is 22.6. The van der Waals surface area contributed by atoms with Crippen molar-refractivity contribution in [2.24, 2.45) is 0 Å². The molecule has 2 aliphatic rings. The van der Waals surface area contributed by atoms with Crippen LogP contribution in [-0.2, 0) is 20.8 Å². The predicted octanol–water partition coefficient (Wildman–Crippen LogP) is 3.27. The van der Waals surface area contributed by atoms with Crippen LogP contribution in [0.1, 0.15) is 23.7 Å². The molecule has 2 aliphatic heterocycles. The van der Waals surface area contributed by atoms with E-state index in [1.165, 1.54) is 11.8 Å². The van der Waals surface area contributed by atoms with E-state index in [9.17, 15) is 9.59 Å². The summed E-state index contributed by atoms with van der Waals surface area (Å²) in [5.41, 5.74) is 1.44. The van der Waals surface area contributed by atoms with E-state index in [-0.39, 0.29) is 17.6 Å². The summed E-state index contributed by atoms with van der Waals surface area (Å²) in [4.78, 5) is 33.8. The van der Waals surface area contributed by atoms with E-state index in [0.717, 1.165) is 18.4 Å². The highest BCUT2D eigenvalue weighted by atomic mass is 32.2. The second-order valence-electron chi connectivity index (χ2n) is 8.31. The molecule has 1 amide bonds. The summed E-state index contributed by atoms with van der Waals surface area (Å²) in [5, 5.41) is 0.619. The Kier molecular flexibility index (Phi) is 6.75. The van der Waals surface area contributed by atoms with Crippen molar-refractivity contribution in [2.75, 3.05) is 32.9 Å². The number of ether oxygens (including phenoxy) is 2. The molecule has 2 atom stereocenters. The molecule has 172 valence electrons. The molecule has 8 heteroatoms. The van der Waals surface area contributed by atoms with Crippen molar-refractivity contribution in [1.82, 2.24) is 14.5 Å². The van der Waals surface area contributed by atoms with E-state index in [4.69, 9.17) is 14.5 Å². The minimum absolute atomic E-state index is 0.0144. The minimum Gasteiger partial charge on any atom is -0.378 e. The molecule has 0 N–H and O–H groups in total. The zero-order valence-electron chi connectivity index (χ0n) is 18.4. The van der Waals surface area contributed by atoms with Crippen LogP contribution in [0.3, 0.4) is 0 Å². The summed E-state index contributed by atoms with van der Waals surface area (Å²) < 4.78 is 13.0. The van der Waals surface area contributed by atoms with Gasteiger partial charge in [0.25, 0.3) is 5.56 Å². The number of nitrogens with zero attached hydrogens (tertiary/aromatic N) is 3. The molecule has 0 aliphatic carbocycles. The van der Waals surface area contributed by atoms with Gasteiger partial charge in [0.2, 0.25) is 5.91 Å². The third-order valence-electron chi connectivity index (χ3n) is 6.11. The number of morpholine rings is 1. The van der Waals surface area contributed by atoms with Crippen molar-refractivity contribution in [3.05, 3.63) is 70.5 Å². The molecule has 3 heterocycles. The summed E-state index contributed by atoms with van der Waals surface area (Å²) >= 11 is 1.35. The van der Waals surface area contributed by atoms with Crippen LogP contribution in [0.4, 0.5) is 0 Å². The number of hydrogen-bond donors (Lipinski definition) is 0. The van der Waals surface area contributed by atoms with Gasteiger partial charge in [0, 0.05) is 19.7 Å². The molecular formula is C25H27N3O4S. The highest BCUT2D eigenvalue weighted by Crippen LogP contribution is 2.36. The Morgan fingerprint density at radius 1 is 1.06 bits per heavy atom. The standard InChI is InChI=1S/C25H27N3O4S/c29-23-20-10-4-5-11-21(20)26-25(28(23)17-19-9-6-14-32-19)33-22(18-7-2-1-3-8-18)24(30)27-12-15-31-16-13-27/h1-5,7-8,10-11,19,22H,6,9,12-17H2/t19-,22-/m1/s1. The van der Waals surface area contributed by atoms with E-state index >= 15 is 0 Å². The molecule has 0 saturated carbocycles. The summed E-state index contributed by atoms with van der Waals surface area (Å²) in [5.74, 6) is 0.0144. The van der Waals surface area contributed by atoms with Crippen molar-refractivity contribution in [3.8, 4) is 0 Å². The number of carbonyl (C=O) groups is 1. The predicted molar refractivity (Wildman–Crippen MR) is 127 cm³/mol. The van der Waals surface area contributed by atoms with Crippen LogP contribution in [0.2, 0.25) is 0 Å². The van der Waals surface area contributed by atoms with Crippen molar-refractivity contribution < 1.29 is 14.3 Å². The van der Waals surface area contributed by atoms with Gasteiger partial charge in [0.05, 0.1) is 36.8 Å².